The maximum Gasteiger partial charge on any atom is 0.313 e. The van der Waals surface area contributed by atoms with Crippen LogP contribution in [0.4, 0.5) is 4.79 Å². The van der Waals surface area contributed by atoms with Crippen LogP contribution in [0.3, 0.4) is 0 Å². The molecule has 3 heteroatoms. The molecule has 1 nitrogen and oxygen atoms in total. The Morgan fingerprint density at radius 2 is 1.43 bits per heavy atom. The van der Waals surface area contributed by atoms with E-state index in [-0.39, 0.29) is 0 Å². The van der Waals surface area contributed by atoms with Crippen molar-refractivity contribution >= 4 is 27.9 Å². The van der Waals surface area contributed by atoms with Crippen LogP contribution in [-0.4, -0.2) is 4.70 Å². The molecule has 0 saturated heterocycles. The van der Waals surface area contributed by atoms with Gasteiger partial charge in [0.25, 0.3) is 0 Å². The number of carbonyl (C=O) groups is 1. The monoisotopic (exact) mass is 142 g/mol. The zero-order valence-electron chi connectivity index (χ0n) is 4.37. The van der Waals surface area contributed by atoms with E-state index in [0.717, 1.165) is 0 Å². The topological polar surface area (TPSA) is 17.1 Å². The Labute approximate surface area is 53.6 Å². The number of rotatable bonds is 0. The third kappa shape index (κ3) is 1810. The van der Waals surface area contributed by atoms with Crippen molar-refractivity contribution in [3.8, 4) is 0 Å². The summed E-state index contributed by atoms with van der Waals surface area (Å²) in [5, 5.41) is 0. The van der Waals surface area contributed by atoms with Crippen molar-refractivity contribution in [3.05, 3.63) is 0 Å². The minimum absolute atomic E-state index is 0.889. The van der Waals surface area contributed by atoms with Crippen LogP contribution in [0.1, 0.15) is 20.3 Å². The fourth-order valence-electron chi connectivity index (χ4n) is 0. The SMILES string of the molecule is CCC.O=C(Cl)Cl. The van der Waals surface area contributed by atoms with Gasteiger partial charge >= 0.3 is 4.70 Å². The summed E-state index contributed by atoms with van der Waals surface area (Å²) in [6.45, 7) is 4.25. The third-order valence-corrected chi connectivity index (χ3v) is 0. The molecule has 0 saturated carbocycles. The van der Waals surface area contributed by atoms with Gasteiger partial charge in [-0.2, -0.15) is 0 Å². The Hall–Kier alpha value is 0.250. The summed E-state index contributed by atoms with van der Waals surface area (Å²) in [5.41, 5.74) is 0. The number of hydrogen-bond acceptors (Lipinski definition) is 1. The van der Waals surface area contributed by atoms with Crippen LogP contribution in [0.5, 0.6) is 0 Å². The minimum Gasteiger partial charge on any atom is -0.262 e. The van der Waals surface area contributed by atoms with Gasteiger partial charge in [0.05, 0.1) is 0 Å². The average Bonchev–Trinajstić information content (AvgIpc) is 1.33. The molecule has 0 spiro atoms. The van der Waals surface area contributed by atoms with Crippen LogP contribution in [-0.2, 0) is 0 Å². The molecule has 0 unspecified atom stereocenters. The summed E-state index contributed by atoms with van der Waals surface area (Å²) in [5.74, 6) is 0. The van der Waals surface area contributed by atoms with Crippen LogP contribution < -0.4 is 0 Å². The maximum atomic E-state index is 8.98. The second-order valence-electron chi connectivity index (χ2n) is 0.933. The van der Waals surface area contributed by atoms with Gasteiger partial charge in [0.2, 0.25) is 0 Å². The van der Waals surface area contributed by atoms with E-state index < -0.39 is 4.70 Å². The summed E-state index contributed by atoms with van der Waals surface area (Å²) in [4.78, 5) is 8.98. The molecule has 44 valence electrons. The van der Waals surface area contributed by atoms with Gasteiger partial charge in [0, 0.05) is 0 Å². The lowest BCUT2D eigenvalue weighted by molar-refractivity contribution is 0.275. The molecule has 0 atom stereocenters. The van der Waals surface area contributed by atoms with E-state index >= 15 is 0 Å². The molecule has 0 bridgehead atoms. The van der Waals surface area contributed by atoms with E-state index in [1.54, 1.807) is 0 Å². The van der Waals surface area contributed by atoms with Crippen LogP contribution in [0, 0.1) is 0 Å². The molecule has 0 radical (unpaired) electrons. The van der Waals surface area contributed by atoms with E-state index in [9.17, 15) is 0 Å². The van der Waals surface area contributed by atoms with Crippen molar-refractivity contribution in [3.63, 3.8) is 0 Å². The minimum atomic E-state index is -0.889. The van der Waals surface area contributed by atoms with Gasteiger partial charge in [-0.05, 0) is 23.2 Å². The molecule has 0 fully saturated rings. The Kier molecular flexibility index (Phi) is 14.0. The van der Waals surface area contributed by atoms with E-state index in [2.05, 4.69) is 37.0 Å². The molecule has 0 amide bonds. The van der Waals surface area contributed by atoms with Gasteiger partial charge in [-0.1, -0.05) is 20.3 Å². The van der Waals surface area contributed by atoms with Crippen LogP contribution in [0.25, 0.3) is 0 Å². The molecule has 0 aromatic carbocycles. The summed E-state index contributed by atoms with van der Waals surface area (Å²) >= 11 is 8.80. The highest BCUT2D eigenvalue weighted by atomic mass is 35.5. The Morgan fingerprint density at radius 3 is 1.43 bits per heavy atom. The first-order valence-electron chi connectivity index (χ1n) is 2.00. The lowest BCUT2D eigenvalue weighted by Crippen LogP contribution is -1.46. The van der Waals surface area contributed by atoms with Crippen molar-refractivity contribution in [2.75, 3.05) is 0 Å². The molecule has 0 aromatic heterocycles. The van der Waals surface area contributed by atoms with E-state index in [4.69, 9.17) is 4.79 Å². The molecule has 0 N–H and O–H groups in total. The van der Waals surface area contributed by atoms with E-state index in [0.29, 0.717) is 0 Å². The largest absolute Gasteiger partial charge is 0.313 e. The zero-order chi connectivity index (χ0) is 6.28. The Bertz CT molecular complexity index is 41.0. The standard InChI is InChI=1S/C3H8.CCl2O/c1-3-2;2-1(3)4/h3H2,1-2H3;. The van der Waals surface area contributed by atoms with Crippen molar-refractivity contribution in [2.45, 2.75) is 20.3 Å². The average molecular weight is 143 g/mol. The fraction of sp³-hybridized carbons (Fsp3) is 0.750. The zero-order valence-corrected chi connectivity index (χ0v) is 5.88. The summed E-state index contributed by atoms with van der Waals surface area (Å²) in [7, 11) is 0. The van der Waals surface area contributed by atoms with Gasteiger partial charge < -0.3 is 0 Å². The lowest BCUT2D eigenvalue weighted by atomic mass is 10.6. The molecule has 7 heavy (non-hydrogen) atoms. The van der Waals surface area contributed by atoms with E-state index in [1.165, 1.54) is 6.42 Å². The first-order chi connectivity index (χ1) is 3.15. The summed E-state index contributed by atoms with van der Waals surface area (Å²) in [6, 6.07) is 0. The first-order valence-corrected chi connectivity index (χ1v) is 2.75. The first kappa shape index (κ1) is 10.3. The Balaban J connectivity index is 0. The maximum absolute atomic E-state index is 8.98. The van der Waals surface area contributed by atoms with E-state index in [1.807, 2.05) is 0 Å². The Morgan fingerprint density at radius 1 is 1.43 bits per heavy atom. The predicted octanol–water partition coefficient (Wildman–Crippen LogP) is 3.00. The van der Waals surface area contributed by atoms with Crippen molar-refractivity contribution in [2.24, 2.45) is 0 Å². The molecule has 0 heterocycles. The highest BCUT2D eigenvalue weighted by Gasteiger charge is 1.72. The highest BCUT2D eigenvalue weighted by molar-refractivity contribution is 6.93. The summed E-state index contributed by atoms with van der Waals surface area (Å²) < 4.78 is -0.889. The van der Waals surface area contributed by atoms with Gasteiger partial charge in [-0.25, -0.2) is 0 Å². The number of hydrogen-bond donors (Lipinski definition) is 0. The molecule has 0 aliphatic rings. The van der Waals surface area contributed by atoms with Crippen LogP contribution in [0.2, 0.25) is 0 Å². The van der Waals surface area contributed by atoms with Gasteiger partial charge in [-0.3, -0.25) is 4.79 Å². The fourth-order valence-corrected chi connectivity index (χ4v) is 0. The summed E-state index contributed by atoms with van der Waals surface area (Å²) in [6.07, 6.45) is 1.25. The molecular weight excluding hydrogens is 135 g/mol. The second-order valence-corrected chi connectivity index (χ2v) is 1.81. The predicted molar refractivity (Wildman–Crippen MR) is 33.1 cm³/mol. The van der Waals surface area contributed by atoms with Gasteiger partial charge in [0.15, 0.2) is 0 Å². The molecule has 0 aliphatic heterocycles. The van der Waals surface area contributed by atoms with Crippen molar-refractivity contribution in [1.82, 2.24) is 0 Å². The van der Waals surface area contributed by atoms with Crippen LogP contribution in [0.15, 0.2) is 0 Å². The molecular formula is C4H8Cl2O. The van der Waals surface area contributed by atoms with Crippen molar-refractivity contribution in [1.29, 1.82) is 0 Å². The van der Waals surface area contributed by atoms with Gasteiger partial charge in [0.1, 0.15) is 0 Å². The quantitative estimate of drug-likeness (QED) is 0.476. The lowest BCUT2D eigenvalue weighted by Gasteiger charge is -1.48. The molecule has 0 rings (SSSR count). The third-order valence-electron chi connectivity index (χ3n) is 0. The number of carbonyl (C=O) groups excluding carboxylic acids is 1. The highest BCUT2D eigenvalue weighted by Crippen LogP contribution is 1.84. The van der Waals surface area contributed by atoms with Crippen molar-refractivity contribution < 1.29 is 4.79 Å². The van der Waals surface area contributed by atoms with Crippen LogP contribution >= 0.6 is 23.2 Å². The molecule has 0 aromatic rings. The number of halogens is 2. The second kappa shape index (κ2) is 9.54. The molecule has 0 aliphatic carbocycles. The normalized spacial score (nSPS) is 6.29. The van der Waals surface area contributed by atoms with Gasteiger partial charge in [-0.15, -0.1) is 0 Å². The smallest absolute Gasteiger partial charge is 0.262 e.